The van der Waals surface area contributed by atoms with Gasteiger partial charge in [0.15, 0.2) is 0 Å². The molecule has 0 saturated carbocycles. The van der Waals surface area contributed by atoms with Crippen LogP contribution in [0.1, 0.15) is 64.5 Å². The standard InChI is InChI=1S/C17H26O3/c1-6-13(18)7-8-15-16(19)10-9-14(11(2)3)17(15)20-12(4)5/h9-12,19H,6-8H2,1-5H3. The van der Waals surface area contributed by atoms with Crippen molar-refractivity contribution in [1.29, 1.82) is 0 Å². The van der Waals surface area contributed by atoms with Gasteiger partial charge in [0, 0.05) is 18.4 Å². The van der Waals surface area contributed by atoms with Crippen LogP contribution in [0.4, 0.5) is 0 Å². The van der Waals surface area contributed by atoms with Crippen molar-refractivity contribution < 1.29 is 14.6 Å². The zero-order chi connectivity index (χ0) is 15.3. The predicted octanol–water partition coefficient (Wildman–Crippen LogP) is 4.21. The Labute approximate surface area is 122 Å². The van der Waals surface area contributed by atoms with Crippen LogP contribution < -0.4 is 4.74 Å². The van der Waals surface area contributed by atoms with Crippen molar-refractivity contribution in [2.75, 3.05) is 0 Å². The second kappa shape index (κ2) is 7.32. The van der Waals surface area contributed by atoms with Crippen LogP contribution in [0.2, 0.25) is 0 Å². The molecule has 0 aromatic heterocycles. The average molecular weight is 278 g/mol. The summed E-state index contributed by atoms with van der Waals surface area (Å²) in [6, 6.07) is 3.61. The molecule has 0 fully saturated rings. The summed E-state index contributed by atoms with van der Waals surface area (Å²) in [5.41, 5.74) is 1.84. The molecule has 0 bridgehead atoms. The second-order valence-corrected chi connectivity index (χ2v) is 5.70. The van der Waals surface area contributed by atoms with Gasteiger partial charge >= 0.3 is 0 Å². The van der Waals surface area contributed by atoms with Gasteiger partial charge in [0.05, 0.1) is 6.10 Å². The maximum Gasteiger partial charge on any atom is 0.132 e. The predicted molar refractivity (Wildman–Crippen MR) is 81.6 cm³/mol. The lowest BCUT2D eigenvalue weighted by atomic mass is 9.95. The van der Waals surface area contributed by atoms with E-state index in [-0.39, 0.29) is 17.6 Å². The molecular weight excluding hydrogens is 252 g/mol. The van der Waals surface area contributed by atoms with E-state index in [0.717, 1.165) is 16.9 Å². The number of phenolic OH excluding ortho intramolecular Hbond substituents is 1. The number of hydrogen-bond acceptors (Lipinski definition) is 3. The maximum atomic E-state index is 11.5. The normalized spacial score (nSPS) is 11.2. The summed E-state index contributed by atoms with van der Waals surface area (Å²) in [5, 5.41) is 10.1. The van der Waals surface area contributed by atoms with Crippen LogP contribution in [0, 0.1) is 0 Å². The molecule has 0 amide bonds. The Morgan fingerprint density at radius 3 is 2.40 bits per heavy atom. The van der Waals surface area contributed by atoms with Crippen LogP contribution >= 0.6 is 0 Å². The van der Waals surface area contributed by atoms with Crippen LogP contribution in [-0.2, 0) is 11.2 Å². The number of hydrogen-bond donors (Lipinski definition) is 1. The highest BCUT2D eigenvalue weighted by Gasteiger charge is 2.18. The van der Waals surface area contributed by atoms with Crippen molar-refractivity contribution in [2.24, 2.45) is 0 Å². The number of Topliss-reactive ketones (excluding diaryl/α,β-unsaturated/α-hetero) is 1. The largest absolute Gasteiger partial charge is 0.508 e. The number of ketones is 1. The molecular formula is C17H26O3. The topological polar surface area (TPSA) is 46.5 Å². The summed E-state index contributed by atoms with van der Waals surface area (Å²) in [6.07, 6.45) is 1.54. The van der Waals surface area contributed by atoms with Crippen molar-refractivity contribution >= 4 is 5.78 Å². The van der Waals surface area contributed by atoms with Gasteiger partial charge < -0.3 is 9.84 Å². The lowest BCUT2D eigenvalue weighted by molar-refractivity contribution is -0.118. The van der Waals surface area contributed by atoms with Crippen molar-refractivity contribution in [3.05, 3.63) is 23.3 Å². The Morgan fingerprint density at radius 1 is 1.25 bits per heavy atom. The minimum atomic E-state index is 0.0370. The summed E-state index contributed by atoms with van der Waals surface area (Å²) >= 11 is 0. The van der Waals surface area contributed by atoms with Crippen molar-refractivity contribution in [2.45, 2.75) is 65.9 Å². The van der Waals surface area contributed by atoms with Gasteiger partial charge in [-0.25, -0.2) is 0 Å². The number of ether oxygens (including phenoxy) is 1. The molecule has 0 heterocycles. The van der Waals surface area contributed by atoms with E-state index in [9.17, 15) is 9.90 Å². The smallest absolute Gasteiger partial charge is 0.132 e. The van der Waals surface area contributed by atoms with E-state index in [4.69, 9.17) is 4.74 Å². The third-order valence-corrected chi connectivity index (χ3v) is 3.29. The van der Waals surface area contributed by atoms with E-state index in [0.29, 0.717) is 25.2 Å². The summed E-state index contributed by atoms with van der Waals surface area (Å²) < 4.78 is 5.91. The molecule has 0 aliphatic heterocycles. The molecule has 1 aromatic carbocycles. The summed E-state index contributed by atoms with van der Waals surface area (Å²) in [6.45, 7) is 9.99. The van der Waals surface area contributed by atoms with Crippen LogP contribution in [0.5, 0.6) is 11.5 Å². The fourth-order valence-corrected chi connectivity index (χ4v) is 2.15. The first-order chi connectivity index (χ1) is 9.36. The van der Waals surface area contributed by atoms with Crippen LogP contribution in [-0.4, -0.2) is 17.0 Å². The molecule has 0 aliphatic carbocycles. The lowest BCUT2D eigenvalue weighted by Crippen LogP contribution is -2.11. The molecule has 0 saturated heterocycles. The Balaban J connectivity index is 3.16. The third-order valence-electron chi connectivity index (χ3n) is 3.29. The van der Waals surface area contributed by atoms with E-state index in [1.807, 2.05) is 26.8 Å². The fraction of sp³-hybridized carbons (Fsp3) is 0.588. The number of phenols is 1. The molecule has 0 aliphatic rings. The van der Waals surface area contributed by atoms with Crippen molar-refractivity contribution in [1.82, 2.24) is 0 Å². The van der Waals surface area contributed by atoms with E-state index >= 15 is 0 Å². The summed E-state index contributed by atoms with van der Waals surface area (Å²) in [7, 11) is 0. The number of rotatable bonds is 7. The first-order valence-corrected chi connectivity index (χ1v) is 7.39. The SMILES string of the molecule is CCC(=O)CCc1c(O)ccc(C(C)C)c1OC(C)C. The van der Waals surface area contributed by atoms with Gasteiger partial charge in [0.1, 0.15) is 17.3 Å². The van der Waals surface area contributed by atoms with E-state index in [1.165, 1.54) is 0 Å². The minimum Gasteiger partial charge on any atom is -0.508 e. The Kier molecular flexibility index (Phi) is 6.05. The number of carbonyl (C=O) groups is 1. The van der Waals surface area contributed by atoms with Gasteiger partial charge in [0.2, 0.25) is 0 Å². The van der Waals surface area contributed by atoms with Gasteiger partial charge in [-0.3, -0.25) is 4.79 Å². The molecule has 1 aromatic rings. The highest BCUT2D eigenvalue weighted by atomic mass is 16.5. The first kappa shape index (κ1) is 16.5. The molecule has 3 nitrogen and oxygen atoms in total. The molecule has 0 unspecified atom stereocenters. The maximum absolute atomic E-state index is 11.5. The quantitative estimate of drug-likeness (QED) is 0.812. The van der Waals surface area contributed by atoms with Crippen LogP contribution in [0.25, 0.3) is 0 Å². The molecule has 1 rings (SSSR count). The number of carbonyl (C=O) groups excluding carboxylic acids is 1. The van der Waals surface area contributed by atoms with Gasteiger partial charge in [-0.1, -0.05) is 26.8 Å². The Hall–Kier alpha value is -1.51. The average Bonchev–Trinajstić information content (AvgIpc) is 2.36. The molecule has 0 radical (unpaired) electrons. The highest BCUT2D eigenvalue weighted by molar-refractivity contribution is 5.78. The number of aromatic hydroxyl groups is 1. The van der Waals surface area contributed by atoms with Crippen LogP contribution in [0.3, 0.4) is 0 Å². The van der Waals surface area contributed by atoms with Crippen molar-refractivity contribution in [3.8, 4) is 11.5 Å². The first-order valence-electron chi connectivity index (χ1n) is 7.39. The summed E-state index contributed by atoms with van der Waals surface area (Å²) in [5.74, 6) is 1.48. The molecule has 0 spiro atoms. The minimum absolute atomic E-state index is 0.0370. The van der Waals surface area contributed by atoms with E-state index in [1.54, 1.807) is 6.07 Å². The Bertz CT molecular complexity index is 462. The zero-order valence-corrected chi connectivity index (χ0v) is 13.2. The van der Waals surface area contributed by atoms with Gasteiger partial charge in [0.25, 0.3) is 0 Å². The fourth-order valence-electron chi connectivity index (χ4n) is 2.15. The monoisotopic (exact) mass is 278 g/mol. The zero-order valence-electron chi connectivity index (χ0n) is 13.2. The van der Waals surface area contributed by atoms with Gasteiger partial charge in [-0.2, -0.15) is 0 Å². The van der Waals surface area contributed by atoms with Crippen molar-refractivity contribution in [3.63, 3.8) is 0 Å². The number of benzene rings is 1. The molecule has 20 heavy (non-hydrogen) atoms. The molecule has 3 heteroatoms. The highest BCUT2D eigenvalue weighted by Crippen LogP contribution is 2.37. The molecule has 1 N–H and O–H groups in total. The van der Waals surface area contributed by atoms with E-state index in [2.05, 4.69) is 13.8 Å². The second-order valence-electron chi connectivity index (χ2n) is 5.70. The van der Waals surface area contributed by atoms with Crippen LogP contribution in [0.15, 0.2) is 12.1 Å². The van der Waals surface area contributed by atoms with E-state index < -0.39 is 0 Å². The van der Waals surface area contributed by atoms with Gasteiger partial charge in [-0.05, 0) is 37.8 Å². The summed E-state index contributed by atoms with van der Waals surface area (Å²) in [4.78, 5) is 11.5. The Morgan fingerprint density at radius 2 is 1.90 bits per heavy atom. The lowest BCUT2D eigenvalue weighted by Gasteiger charge is -2.21. The molecule has 112 valence electrons. The van der Waals surface area contributed by atoms with Gasteiger partial charge in [-0.15, -0.1) is 0 Å². The third kappa shape index (κ3) is 4.26. The molecule has 0 atom stereocenters.